The molecule has 3 heterocycles. The van der Waals surface area contributed by atoms with E-state index in [4.69, 9.17) is 4.42 Å². The van der Waals surface area contributed by atoms with Gasteiger partial charge in [0.1, 0.15) is 11.5 Å². The summed E-state index contributed by atoms with van der Waals surface area (Å²) in [5.41, 5.74) is 1.91. The first-order valence-electron chi connectivity index (χ1n) is 8.35. The number of rotatable bonds is 2. The molecule has 1 N–H and O–H groups in total. The van der Waals surface area contributed by atoms with E-state index >= 15 is 0 Å². The molecule has 6 heteroatoms. The van der Waals surface area contributed by atoms with Crippen molar-refractivity contribution in [3.05, 3.63) is 41.8 Å². The van der Waals surface area contributed by atoms with Gasteiger partial charge < -0.3 is 14.6 Å². The number of benzene rings is 1. The van der Waals surface area contributed by atoms with Crippen molar-refractivity contribution in [2.75, 3.05) is 19.6 Å². The van der Waals surface area contributed by atoms with Gasteiger partial charge in [-0.25, -0.2) is 4.98 Å². The van der Waals surface area contributed by atoms with Gasteiger partial charge in [-0.3, -0.25) is 4.79 Å². The molecule has 0 bridgehead atoms. The van der Waals surface area contributed by atoms with Crippen molar-refractivity contribution in [1.82, 2.24) is 15.2 Å². The molecule has 0 radical (unpaired) electrons. The normalized spacial score (nSPS) is 27.2. The second-order valence-electron chi connectivity index (χ2n) is 6.78. The molecule has 2 aliphatic heterocycles. The molecule has 3 atom stereocenters. The van der Waals surface area contributed by atoms with Crippen LogP contribution in [0.5, 0.6) is 0 Å². The fourth-order valence-corrected chi connectivity index (χ4v) is 4.09. The Morgan fingerprint density at radius 3 is 2.71 bits per heavy atom. The highest BCUT2D eigenvalue weighted by atomic mass is 35.5. The summed E-state index contributed by atoms with van der Waals surface area (Å²) in [6, 6.07) is 9.94. The molecule has 0 spiro atoms. The molecule has 1 saturated heterocycles. The molecule has 5 rings (SSSR count). The molecule has 2 aromatic rings. The van der Waals surface area contributed by atoms with Crippen LogP contribution in [0, 0.1) is 17.8 Å². The quantitative estimate of drug-likeness (QED) is 0.905. The predicted molar refractivity (Wildman–Crippen MR) is 91.6 cm³/mol. The van der Waals surface area contributed by atoms with E-state index in [1.165, 1.54) is 0 Å². The Balaban J connectivity index is 0.00000146. The highest BCUT2D eigenvalue weighted by Gasteiger charge is 2.58. The number of fused-ring (bicyclic) bond motifs is 2. The summed E-state index contributed by atoms with van der Waals surface area (Å²) in [4.78, 5) is 19.3. The van der Waals surface area contributed by atoms with Crippen molar-refractivity contribution in [1.29, 1.82) is 0 Å². The van der Waals surface area contributed by atoms with Crippen LogP contribution < -0.4 is 5.32 Å². The lowest BCUT2D eigenvalue weighted by Crippen LogP contribution is -2.38. The van der Waals surface area contributed by atoms with E-state index in [0.29, 0.717) is 30.2 Å². The molecular weight excluding hydrogens is 326 g/mol. The summed E-state index contributed by atoms with van der Waals surface area (Å²) >= 11 is 0. The van der Waals surface area contributed by atoms with Gasteiger partial charge in [0.2, 0.25) is 11.8 Å². The van der Waals surface area contributed by atoms with Gasteiger partial charge in [0.15, 0.2) is 0 Å². The number of nitrogens with zero attached hydrogens (tertiary/aromatic N) is 2. The molecule has 1 aromatic heterocycles. The third kappa shape index (κ3) is 2.43. The van der Waals surface area contributed by atoms with E-state index in [9.17, 15) is 4.79 Å². The van der Waals surface area contributed by atoms with Crippen LogP contribution >= 0.6 is 12.4 Å². The SMILES string of the molecule is Cl.O=C(C1[C@H]2CNC[C@@H]12)N1CCc2oc(-c3ccccc3)nc2C1. The third-order valence-electron chi connectivity index (χ3n) is 5.44. The number of oxazole rings is 1. The molecule has 1 saturated carbocycles. The average Bonchev–Trinajstić information content (AvgIpc) is 2.95. The first kappa shape index (κ1) is 15.7. The Morgan fingerprint density at radius 2 is 1.96 bits per heavy atom. The highest BCUT2D eigenvalue weighted by Crippen LogP contribution is 2.49. The first-order valence-corrected chi connectivity index (χ1v) is 8.35. The van der Waals surface area contributed by atoms with Crippen LogP contribution in [0.15, 0.2) is 34.7 Å². The van der Waals surface area contributed by atoms with Crippen LogP contribution in [0.25, 0.3) is 11.5 Å². The maximum absolute atomic E-state index is 12.7. The maximum Gasteiger partial charge on any atom is 0.226 e. The van der Waals surface area contributed by atoms with Crippen LogP contribution in [-0.2, 0) is 17.8 Å². The summed E-state index contributed by atoms with van der Waals surface area (Å²) in [6.07, 6.45) is 0.765. The van der Waals surface area contributed by atoms with Crippen molar-refractivity contribution >= 4 is 18.3 Å². The summed E-state index contributed by atoms with van der Waals surface area (Å²) in [6.45, 7) is 3.34. The number of amides is 1. The Bertz CT molecular complexity index is 751. The van der Waals surface area contributed by atoms with Crippen LogP contribution in [0.4, 0.5) is 0 Å². The van der Waals surface area contributed by atoms with Gasteiger partial charge in [-0.05, 0) is 37.1 Å². The molecule has 24 heavy (non-hydrogen) atoms. The van der Waals surface area contributed by atoms with E-state index < -0.39 is 0 Å². The van der Waals surface area contributed by atoms with Crippen molar-refractivity contribution in [3.63, 3.8) is 0 Å². The second-order valence-corrected chi connectivity index (χ2v) is 6.78. The summed E-state index contributed by atoms with van der Waals surface area (Å²) < 4.78 is 5.91. The van der Waals surface area contributed by atoms with E-state index in [0.717, 1.165) is 43.1 Å². The zero-order valence-electron chi connectivity index (χ0n) is 13.3. The topological polar surface area (TPSA) is 58.4 Å². The van der Waals surface area contributed by atoms with E-state index in [1.54, 1.807) is 0 Å². The van der Waals surface area contributed by atoms with Crippen LogP contribution in [-0.4, -0.2) is 35.4 Å². The Hall–Kier alpha value is -1.85. The van der Waals surface area contributed by atoms with Gasteiger partial charge >= 0.3 is 0 Å². The van der Waals surface area contributed by atoms with Crippen LogP contribution in [0.3, 0.4) is 0 Å². The molecule has 1 aromatic carbocycles. The van der Waals surface area contributed by atoms with Gasteiger partial charge in [0.25, 0.3) is 0 Å². The molecule has 3 aliphatic rings. The fourth-order valence-electron chi connectivity index (χ4n) is 4.09. The van der Waals surface area contributed by atoms with Crippen LogP contribution in [0.2, 0.25) is 0 Å². The van der Waals surface area contributed by atoms with Crippen molar-refractivity contribution in [2.24, 2.45) is 17.8 Å². The standard InChI is InChI=1S/C18H19N3O2.ClH/c22-18(16-12-8-19-9-13(12)16)21-7-6-15-14(10-21)20-17(23-15)11-4-2-1-3-5-11;/h1-5,12-13,16,19H,6-10H2;1H/t12-,13+,16?;. The maximum atomic E-state index is 12.7. The Labute approximate surface area is 146 Å². The lowest BCUT2D eigenvalue weighted by molar-refractivity contribution is -0.134. The monoisotopic (exact) mass is 345 g/mol. The number of aromatic nitrogens is 1. The fraction of sp³-hybridized carbons (Fsp3) is 0.444. The minimum Gasteiger partial charge on any atom is -0.441 e. The lowest BCUT2D eigenvalue weighted by atomic mass is 10.1. The largest absolute Gasteiger partial charge is 0.441 e. The van der Waals surface area contributed by atoms with Gasteiger partial charge in [-0.1, -0.05) is 18.2 Å². The van der Waals surface area contributed by atoms with Gasteiger partial charge in [0.05, 0.1) is 6.54 Å². The summed E-state index contributed by atoms with van der Waals surface area (Å²) in [5, 5.41) is 3.35. The third-order valence-corrected chi connectivity index (χ3v) is 5.44. The molecule has 126 valence electrons. The number of piperidine rings is 1. The number of carbonyl (C=O) groups excluding carboxylic acids is 1. The van der Waals surface area contributed by atoms with Crippen LogP contribution in [0.1, 0.15) is 11.5 Å². The average molecular weight is 346 g/mol. The van der Waals surface area contributed by atoms with Crippen molar-refractivity contribution in [2.45, 2.75) is 13.0 Å². The van der Waals surface area contributed by atoms with Gasteiger partial charge in [-0.15, -0.1) is 12.4 Å². The number of halogens is 1. The zero-order chi connectivity index (χ0) is 15.4. The van der Waals surface area contributed by atoms with Crippen molar-refractivity contribution in [3.8, 4) is 11.5 Å². The molecule has 2 fully saturated rings. The van der Waals surface area contributed by atoms with E-state index in [1.807, 2.05) is 35.2 Å². The minimum absolute atomic E-state index is 0. The molecule has 1 unspecified atom stereocenters. The summed E-state index contributed by atoms with van der Waals surface area (Å²) in [5.74, 6) is 3.31. The molecular formula is C18H20ClN3O2. The number of hydrogen-bond acceptors (Lipinski definition) is 4. The second kappa shape index (κ2) is 5.90. The van der Waals surface area contributed by atoms with E-state index in [2.05, 4.69) is 10.3 Å². The molecule has 5 nitrogen and oxygen atoms in total. The Morgan fingerprint density at radius 1 is 1.21 bits per heavy atom. The lowest BCUT2D eigenvalue weighted by Gasteiger charge is -2.26. The number of carbonyl (C=O) groups is 1. The van der Waals surface area contributed by atoms with Gasteiger partial charge in [-0.2, -0.15) is 0 Å². The first-order chi connectivity index (χ1) is 11.3. The van der Waals surface area contributed by atoms with Crippen molar-refractivity contribution < 1.29 is 9.21 Å². The predicted octanol–water partition coefficient (Wildman–Crippen LogP) is 2.11. The Kier molecular flexibility index (Phi) is 3.85. The molecule has 1 amide bonds. The minimum atomic E-state index is 0. The molecule has 1 aliphatic carbocycles. The number of hydrogen-bond donors (Lipinski definition) is 1. The highest BCUT2D eigenvalue weighted by molar-refractivity contribution is 5.85. The smallest absolute Gasteiger partial charge is 0.226 e. The van der Waals surface area contributed by atoms with E-state index in [-0.39, 0.29) is 18.3 Å². The summed E-state index contributed by atoms with van der Waals surface area (Å²) in [7, 11) is 0. The van der Waals surface area contributed by atoms with Gasteiger partial charge in [0, 0.05) is 24.4 Å². The number of nitrogens with one attached hydrogen (secondary N) is 1. The zero-order valence-corrected chi connectivity index (χ0v) is 14.1.